The highest BCUT2D eigenvalue weighted by Crippen LogP contribution is 2.24. The Labute approximate surface area is 97.5 Å². The van der Waals surface area contributed by atoms with Gasteiger partial charge in [0.05, 0.1) is 0 Å². The van der Waals surface area contributed by atoms with Gasteiger partial charge in [-0.1, -0.05) is 65.3 Å². The summed E-state index contributed by atoms with van der Waals surface area (Å²) in [6.45, 7) is 20.9. The molecule has 0 nitrogen and oxygen atoms in total. The number of allylic oxidation sites excluding steroid dienone is 2. The summed E-state index contributed by atoms with van der Waals surface area (Å²) in [5.41, 5.74) is 2.56. The zero-order valence-electron chi connectivity index (χ0n) is 11.7. The van der Waals surface area contributed by atoms with E-state index in [0.29, 0.717) is 5.92 Å². The monoisotopic (exact) mass is 210 g/mol. The first-order valence-corrected chi connectivity index (χ1v) is 6.29. The van der Waals surface area contributed by atoms with E-state index in [1.807, 2.05) is 13.8 Å². The van der Waals surface area contributed by atoms with E-state index in [9.17, 15) is 0 Å². The normalized spacial score (nSPS) is 13.5. The minimum Gasteiger partial charge on any atom is -0.0998 e. The van der Waals surface area contributed by atoms with Crippen LogP contribution in [-0.4, -0.2) is 0 Å². The van der Waals surface area contributed by atoms with Crippen molar-refractivity contribution in [2.45, 2.75) is 60.8 Å². The van der Waals surface area contributed by atoms with Crippen LogP contribution in [0.4, 0.5) is 0 Å². The van der Waals surface area contributed by atoms with Gasteiger partial charge >= 0.3 is 0 Å². The third-order valence-electron chi connectivity index (χ3n) is 2.68. The molecular formula is C15H30. The van der Waals surface area contributed by atoms with Crippen LogP contribution in [0.2, 0.25) is 0 Å². The summed E-state index contributed by atoms with van der Waals surface area (Å²) in [4.78, 5) is 0. The zero-order valence-corrected chi connectivity index (χ0v) is 11.7. The Bertz CT molecular complexity index is 176. The van der Waals surface area contributed by atoms with Crippen LogP contribution in [0.1, 0.15) is 60.8 Å². The molecule has 0 aromatic heterocycles. The van der Waals surface area contributed by atoms with Crippen LogP contribution in [-0.2, 0) is 0 Å². The average molecular weight is 210 g/mol. The first-order valence-electron chi connectivity index (χ1n) is 6.29. The molecule has 0 aliphatic heterocycles. The van der Waals surface area contributed by atoms with Gasteiger partial charge in [0.1, 0.15) is 0 Å². The second-order valence-corrected chi connectivity index (χ2v) is 4.44. The summed E-state index contributed by atoms with van der Waals surface area (Å²) in [6, 6.07) is 0. The maximum atomic E-state index is 4.12. The zero-order chi connectivity index (χ0) is 12.4. The van der Waals surface area contributed by atoms with E-state index in [-0.39, 0.29) is 0 Å². The molecule has 0 bridgehead atoms. The lowest BCUT2D eigenvalue weighted by atomic mass is 9.88. The van der Waals surface area contributed by atoms with Crippen LogP contribution in [0, 0.1) is 11.8 Å². The second kappa shape index (κ2) is 10.0. The largest absolute Gasteiger partial charge is 0.0998 e. The molecule has 0 aliphatic carbocycles. The van der Waals surface area contributed by atoms with Gasteiger partial charge in [0, 0.05) is 0 Å². The first kappa shape index (κ1) is 16.9. The molecule has 0 aliphatic rings. The van der Waals surface area contributed by atoms with Gasteiger partial charge in [-0.3, -0.25) is 0 Å². The van der Waals surface area contributed by atoms with E-state index < -0.39 is 0 Å². The Balaban J connectivity index is 0. The van der Waals surface area contributed by atoms with Gasteiger partial charge in [0.15, 0.2) is 0 Å². The fourth-order valence-corrected chi connectivity index (χ4v) is 1.50. The SMILES string of the molecule is C=C(C)CC(=C)[C@@H](C)C[C@H](C)CC.CC. The van der Waals surface area contributed by atoms with Crippen molar-refractivity contribution < 1.29 is 0 Å². The first-order chi connectivity index (χ1) is 6.97. The molecule has 0 radical (unpaired) electrons. The fraction of sp³-hybridized carbons (Fsp3) is 0.733. The fourth-order valence-electron chi connectivity index (χ4n) is 1.50. The maximum absolute atomic E-state index is 4.12. The van der Waals surface area contributed by atoms with Crippen LogP contribution in [0.5, 0.6) is 0 Å². The summed E-state index contributed by atoms with van der Waals surface area (Å²) in [6.07, 6.45) is 3.53. The smallest absolute Gasteiger partial charge is 0.0114 e. The van der Waals surface area contributed by atoms with Crippen molar-refractivity contribution in [3.05, 3.63) is 24.3 Å². The second-order valence-electron chi connectivity index (χ2n) is 4.44. The van der Waals surface area contributed by atoms with E-state index in [1.165, 1.54) is 24.0 Å². The molecule has 0 heteroatoms. The van der Waals surface area contributed by atoms with E-state index >= 15 is 0 Å². The topological polar surface area (TPSA) is 0 Å². The Kier molecular flexibility index (Phi) is 11.3. The molecule has 0 N–H and O–H groups in total. The summed E-state index contributed by atoms with van der Waals surface area (Å²) in [5, 5.41) is 0. The van der Waals surface area contributed by atoms with Crippen LogP contribution < -0.4 is 0 Å². The highest BCUT2D eigenvalue weighted by Gasteiger charge is 2.10. The van der Waals surface area contributed by atoms with Gasteiger partial charge in [-0.25, -0.2) is 0 Å². The molecule has 0 aromatic rings. The van der Waals surface area contributed by atoms with Crippen molar-refractivity contribution in [2.75, 3.05) is 0 Å². The molecule has 0 heterocycles. The van der Waals surface area contributed by atoms with E-state index in [4.69, 9.17) is 0 Å². The lowest BCUT2D eigenvalue weighted by molar-refractivity contribution is 0.439. The van der Waals surface area contributed by atoms with Gasteiger partial charge < -0.3 is 0 Å². The van der Waals surface area contributed by atoms with E-state index in [0.717, 1.165) is 12.3 Å². The summed E-state index contributed by atoms with van der Waals surface area (Å²) in [7, 11) is 0. The standard InChI is InChI=1S/C13H24.C2H6/c1-7-11(4)9-13(6)12(5)8-10(2)3;1-2/h11,13H,2,5,7-9H2,1,3-4,6H3;1-2H3/t11-,13+;/m1./s1. The lowest BCUT2D eigenvalue weighted by Gasteiger charge is -2.18. The average Bonchev–Trinajstić information content (AvgIpc) is 2.19. The summed E-state index contributed by atoms with van der Waals surface area (Å²) >= 11 is 0. The summed E-state index contributed by atoms with van der Waals surface area (Å²) < 4.78 is 0. The number of hydrogen-bond acceptors (Lipinski definition) is 0. The van der Waals surface area contributed by atoms with Gasteiger partial charge in [-0.2, -0.15) is 0 Å². The molecule has 0 spiro atoms. The Morgan fingerprint density at radius 1 is 1.13 bits per heavy atom. The highest BCUT2D eigenvalue weighted by molar-refractivity contribution is 5.09. The molecule has 15 heavy (non-hydrogen) atoms. The van der Waals surface area contributed by atoms with Gasteiger partial charge in [-0.05, 0) is 31.6 Å². The molecule has 0 saturated heterocycles. The molecule has 0 fully saturated rings. The van der Waals surface area contributed by atoms with E-state index in [2.05, 4.69) is 40.9 Å². The van der Waals surface area contributed by atoms with Gasteiger partial charge in [-0.15, -0.1) is 0 Å². The molecule has 0 aromatic carbocycles. The van der Waals surface area contributed by atoms with Crippen molar-refractivity contribution in [2.24, 2.45) is 11.8 Å². The minimum absolute atomic E-state index is 0.645. The Hall–Kier alpha value is -0.520. The third-order valence-corrected chi connectivity index (χ3v) is 2.68. The van der Waals surface area contributed by atoms with Crippen LogP contribution >= 0.6 is 0 Å². The van der Waals surface area contributed by atoms with Crippen molar-refractivity contribution in [1.82, 2.24) is 0 Å². The quantitative estimate of drug-likeness (QED) is 0.500. The predicted molar refractivity (Wildman–Crippen MR) is 73.2 cm³/mol. The molecule has 0 saturated carbocycles. The van der Waals surface area contributed by atoms with Crippen molar-refractivity contribution in [3.63, 3.8) is 0 Å². The third kappa shape index (κ3) is 9.78. The van der Waals surface area contributed by atoms with Crippen LogP contribution in [0.15, 0.2) is 24.3 Å². The van der Waals surface area contributed by atoms with Crippen molar-refractivity contribution >= 4 is 0 Å². The lowest BCUT2D eigenvalue weighted by Crippen LogP contribution is -2.04. The van der Waals surface area contributed by atoms with Crippen LogP contribution in [0.25, 0.3) is 0 Å². The van der Waals surface area contributed by atoms with Gasteiger partial charge in [0.2, 0.25) is 0 Å². The molecule has 2 atom stereocenters. The number of hydrogen-bond donors (Lipinski definition) is 0. The van der Waals surface area contributed by atoms with E-state index in [1.54, 1.807) is 0 Å². The molecule has 90 valence electrons. The Morgan fingerprint density at radius 2 is 1.60 bits per heavy atom. The molecular weight excluding hydrogens is 180 g/mol. The highest BCUT2D eigenvalue weighted by atomic mass is 14.2. The minimum atomic E-state index is 0.645. The Morgan fingerprint density at radius 3 is 1.93 bits per heavy atom. The van der Waals surface area contributed by atoms with Crippen molar-refractivity contribution in [3.8, 4) is 0 Å². The predicted octanol–water partition coefficient (Wildman–Crippen LogP) is 5.61. The molecule has 0 amide bonds. The van der Waals surface area contributed by atoms with Gasteiger partial charge in [0.25, 0.3) is 0 Å². The maximum Gasteiger partial charge on any atom is -0.0114 e. The number of rotatable bonds is 6. The molecule has 0 rings (SSSR count). The van der Waals surface area contributed by atoms with Crippen molar-refractivity contribution in [1.29, 1.82) is 0 Å². The van der Waals surface area contributed by atoms with Crippen LogP contribution in [0.3, 0.4) is 0 Å². The molecule has 0 unspecified atom stereocenters. The summed E-state index contributed by atoms with van der Waals surface area (Å²) in [5.74, 6) is 1.46.